The van der Waals surface area contributed by atoms with Crippen molar-refractivity contribution >= 4 is 28.3 Å². The van der Waals surface area contributed by atoms with Crippen molar-refractivity contribution in [1.29, 1.82) is 0 Å². The number of nitrogens with zero attached hydrogens (tertiary/aromatic N) is 4. The number of nitrogens with two attached hydrogens (primary N) is 1. The van der Waals surface area contributed by atoms with Crippen LogP contribution in [0, 0.1) is 3.57 Å². The lowest BCUT2D eigenvalue weighted by atomic mass is 10.5. The number of aryl methyl sites for hydroxylation is 2. The molecule has 2 rings (SSSR count). The third-order valence-electron chi connectivity index (χ3n) is 2.08. The van der Waals surface area contributed by atoms with Gasteiger partial charge in [0.25, 0.3) is 5.56 Å². The summed E-state index contributed by atoms with van der Waals surface area (Å²) in [5.41, 5.74) is 6.12. The van der Waals surface area contributed by atoms with Crippen LogP contribution < -0.4 is 11.3 Å². The molecule has 0 spiro atoms. The molecule has 0 saturated heterocycles. The van der Waals surface area contributed by atoms with Gasteiger partial charge in [0.15, 0.2) is 0 Å². The number of rotatable bonds is 3. The lowest BCUT2D eigenvalue weighted by Crippen LogP contribution is -2.24. The van der Waals surface area contributed by atoms with Crippen molar-refractivity contribution < 1.29 is 0 Å². The standard InChI is InChI=1S/C9H10IN5O/c10-8-4-12-6-14(9(8)16)1-2-15-5-7(11)3-13-15/h3-6H,1-2,11H2. The van der Waals surface area contributed by atoms with Gasteiger partial charge in [-0.05, 0) is 22.6 Å². The summed E-state index contributed by atoms with van der Waals surface area (Å²) < 4.78 is 3.86. The molecule has 0 aliphatic heterocycles. The van der Waals surface area contributed by atoms with Crippen molar-refractivity contribution in [3.05, 3.63) is 38.8 Å². The molecule has 16 heavy (non-hydrogen) atoms. The first-order chi connectivity index (χ1) is 7.66. The number of hydrogen-bond acceptors (Lipinski definition) is 4. The molecule has 2 N–H and O–H groups in total. The van der Waals surface area contributed by atoms with Crippen LogP contribution in [0.15, 0.2) is 29.7 Å². The molecule has 0 aliphatic carbocycles. The van der Waals surface area contributed by atoms with E-state index in [1.807, 2.05) is 22.6 Å². The second kappa shape index (κ2) is 4.64. The van der Waals surface area contributed by atoms with Gasteiger partial charge in [-0.2, -0.15) is 5.10 Å². The zero-order valence-corrected chi connectivity index (χ0v) is 10.5. The fourth-order valence-corrected chi connectivity index (χ4v) is 1.77. The molecule has 2 aromatic heterocycles. The zero-order valence-electron chi connectivity index (χ0n) is 8.38. The average molecular weight is 331 g/mol. The number of halogens is 1. The molecule has 6 nitrogen and oxygen atoms in total. The van der Waals surface area contributed by atoms with E-state index >= 15 is 0 Å². The molecule has 0 fully saturated rings. The Morgan fingerprint density at radius 1 is 1.38 bits per heavy atom. The molecule has 0 amide bonds. The van der Waals surface area contributed by atoms with E-state index in [2.05, 4.69) is 10.1 Å². The Morgan fingerprint density at radius 2 is 2.19 bits per heavy atom. The highest BCUT2D eigenvalue weighted by atomic mass is 127. The topological polar surface area (TPSA) is 78.7 Å². The molecule has 0 aromatic carbocycles. The van der Waals surface area contributed by atoms with Crippen molar-refractivity contribution in [2.75, 3.05) is 5.73 Å². The minimum absolute atomic E-state index is 0.0317. The van der Waals surface area contributed by atoms with Crippen LogP contribution in [0.2, 0.25) is 0 Å². The maximum atomic E-state index is 11.7. The molecule has 0 radical (unpaired) electrons. The normalized spacial score (nSPS) is 10.6. The number of nitrogen functional groups attached to an aromatic ring is 1. The maximum absolute atomic E-state index is 11.7. The molecule has 0 unspecified atom stereocenters. The van der Waals surface area contributed by atoms with Crippen molar-refractivity contribution in [2.24, 2.45) is 0 Å². The molecule has 0 bridgehead atoms. The van der Waals surface area contributed by atoms with Crippen LogP contribution in [-0.4, -0.2) is 19.3 Å². The van der Waals surface area contributed by atoms with Gasteiger partial charge < -0.3 is 5.73 Å². The Bertz CT molecular complexity index is 547. The summed E-state index contributed by atoms with van der Waals surface area (Å²) >= 11 is 1.97. The summed E-state index contributed by atoms with van der Waals surface area (Å²) in [7, 11) is 0. The van der Waals surface area contributed by atoms with Crippen molar-refractivity contribution in [2.45, 2.75) is 13.1 Å². The van der Waals surface area contributed by atoms with E-state index in [4.69, 9.17) is 5.73 Å². The van der Waals surface area contributed by atoms with Crippen LogP contribution in [0.3, 0.4) is 0 Å². The predicted molar refractivity (Wildman–Crippen MR) is 67.9 cm³/mol. The van der Waals surface area contributed by atoms with E-state index in [1.54, 1.807) is 27.8 Å². The fourth-order valence-electron chi connectivity index (χ4n) is 1.30. The third kappa shape index (κ3) is 2.40. The average Bonchev–Trinajstić information content (AvgIpc) is 2.67. The minimum atomic E-state index is -0.0317. The Kier molecular flexibility index (Phi) is 3.22. The van der Waals surface area contributed by atoms with Gasteiger partial charge >= 0.3 is 0 Å². The van der Waals surface area contributed by atoms with Gasteiger partial charge in [0.2, 0.25) is 0 Å². The van der Waals surface area contributed by atoms with Gasteiger partial charge in [0, 0.05) is 18.9 Å². The maximum Gasteiger partial charge on any atom is 0.266 e. The predicted octanol–water partition coefficient (Wildman–Crippen LogP) is 0.327. The summed E-state index contributed by atoms with van der Waals surface area (Å²) in [5, 5.41) is 4.04. The lowest BCUT2D eigenvalue weighted by Gasteiger charge is -2.04. The second-order valence-corrected chi connectivity index (χ2v) is 4.44. The quantitative estimate of drug-likeness (QED) is 0.822. The first-order valence-electron chi connectivity index (χ1n) is 4.64. The summed E-state index contributed by atoms with van der Waals surface area (Å²) in [5.74, 6) is 0. The highest BCUT2D eigenvalue weighted by Gasteiger charge is 2.01. The molecule has 2 aromatic rings. The van der Waals surface area contributed by atoms with Crippen LogP contribution in [0.1, 0.15) is 0 Å². The Labute approximate surface area is 105 Å². The Hall–Kier alpha value is -1.38. The summed E-state index contributed by atoms with van der Waals surface area (Å²) in [6.07, 6.45) is 6.38. The van der Waals surface area contributed by atoms with Crippen molar-refractivity contribution in [1.82, 2.24) is 19.3 Å². The van der Waals surface area contributed by atoms with Crippen LogP contribution in [0.5, 0.6) is 0 Å². The smallest absolute Gasteiger partial charge is 0.266 e. The molecule has 0 saturated carbocycles. The molecule has 0 aliphatic rings. The molecular weight excluding hydrogens is 321 g/mol. The first kappa shape index (κ1) is 11.1. The molecule has 2 heterocycles. The minimum Gasteiger partial charge on any atom is -0.396 e. The lowest BCUT2D eigenvalue weighted by molar-refractivity contribution is 0.517. The van der Waals surface area contributed by atoms with Gasteiger partial charge in [-0.25, -0.2) is 4.98 Å². The number of anilines is 1. The van der Waals surface area contributed by atoms with E-state index in [-0.39, 0.29) is 5.56 Å². The molecule has 84 valence electrons. The largest absolute Gasteiger partial charge is 0.396 e. The SMILES string of the molecule is Nc1cnn(CCn2cncc(I)c2=O)c1. The summed E-state index contributed by atoms with van der Waals surface area (Å²) in [4.78, 5) is 15.6. The number of aromatic nitrogens is 4. The third-order valence-corrected chi connectivity index (χ3v) is 2.82. The summed E-state index contributed by atoms with van der Waals surface area (Å²) in [6.45, 7) is 1.13. The molecular formula is C9H10IN5O. The first-order valence-corrected chi connectivity index (χ1v) is 5.72. The summed E-state index contributed by atoms with van der Waals surface area (Å²) in [6, 6.07) is 0. The van der Waals surface area contributed by atoms with Gasteiger partial charge in [0.05, 0.1) is 28.3 Å². The van der Waals surface area contributed by atoms with Gasteiger partial charge in [-0.1, -0.05) is 0 Å². The highest BCUT2D eigenvalue weighted by molar-refractivity contribution is 14.1. The van der Waals surface area contributed by atoms with E-state index in [9.17, 15) is 4.79 Å². The van der Waals surface area contributed by atoms with Crippen molar-refractivity contribution in [3.63, 3.8) is 0 Å². The van der Waals surface area contributed by atoms with E-state index in [0.29, 0.717) is 22.3 Å². The van der Waals surface area contributed by atoms with Crippen LogP contribution in [-0.2, 0) is 13.1 Å². The van der Waals surface area contributed by atoms with Crippen molar-refractivity contribution in [3.8, 4) is 0 Å². The molecule has 7 heteroatoms. The monoisotopic (exact) mass is 331 g/mol. The zero-order chi connectivity index (χ0) is 11.5. The van der Waals surface area contributed by atoms with E-state index in [0.717, 1.165) is 0 Å². The van der Waals surface area contributed by atoms with Crippen LogP contribution >= 0.6 is 22.6 Å². The molecule has 0 atom stereocenters. The second-order valence-electron chi connectivity index (χ2n) is 3.28. The van der Waals surface area contributed by atoms with E-state index in [1.165, 1.54) is 6.33 Å². The Morgan fingerprint density at radius 3 is 2.88 bits per heavy atom. The van der Waals surface area contributed by atoms with Gasteiger partial charge in [-0.3, -0.25) is 14.0 Å². The van der Waals surface area contributed by atoms with Crippen LogP contribution in [0.25, 0.3) is 0 Å². The van der Waals surface area contributed by atoms with Crippen LogP contribution in [0.4, 0.5) is 5.69 Å². The highest BCUT2D eigenvalue weighted by Crippen LogP contribution is 1.98. The number of hydrogen-bond donors (Lipinski definition) is 1. The van der Waals surface area contributed by atoms with E-state index < -0.39 is 0 Å². The fraction of sp³-hybridized carbons (Fsp3) is 0.222. The Balaban J connectivity index is 2.11. The van der Waals surface area contributed by atoms with Gasteiger partial charge in [0.1, 0.15) is 0 Å². The van der Waals surface area contributed by atoms with Gasteiger partial charge in [-0.15, -0.1) is 0 Å².